The fraction of sp³-hybridized carbons (Fsp3) is 0.667. The summed E-state index contributed by atoms with van der Waals surface area (Å²) in [7, 11) is 0. The van der Waals surface area contributed by atoms with Crippen LogP contribution in [-0.4, -0.2) is 18.0 Å². The summed E-state index contributed by atoms with van der Waals surface area (Å²) in [6.45, 7) is 4.11. The molecule has 0 bridgehead atoms. The molecule has 3 heteroatoms. The van der Waals surface area contributed by atoms with Crippen LogP contribution in [0, 0.1) is 0 Å². The number of aliphatic imine (C=N–C) groups is 1. The lowest BCUT2D eigenvalue weighted by atomic mass is 10.1. The van der Waals surface area contributed by atoms with Gasteiger partial charge in [-0.2, -0.15) is 11.6 Å². The van der Waals surface area contributed by atoms with Crippen LogP contribution in [-0.2, 0) is 0 Å². The van der Waals surface area contributed by atoms with Gasteiger partial charge in [0.25, 0.3) is 0 Å². The molecule has 1 rings (SSSR count). The zero-order chi connectivity index (χ0) is 4.41. The van der Waals surface area contributed by atoms with Crippen molar-refractivity contribution >= 4 is 23.2 Å². The Morgan fingerprint density at radius 1 is 2.00 bits per heavy atom. The Bertz CT molecular complexity index is 80.9. The maximum Gasteiger partial charge on any atom is 0.226 e. The van der Waals surface area contributed by atoms with Crippen molar-refractivity contribution in [3.05, 3.63) is 0 Å². The van der Waals surface area contributed by atoms with Crippen LogP contribution in [0.15, 0.2) is 4.99 Å². The summed E-state index contributed by atoms with van der Waals surface area (Å²) in [5, 5.41) is 1.19. The molecule has 0 saturated heterocycles. The highest BCUT2D eigenvalue weighted by molar-refractivity contribution is 8.34. The van der Waals surface area contributed by atoms with E-state index < -0.39 is 0 Å². The molecular weight excluding hydrogens is 92.9 g/mol. The third-order valence-corrected chi connectivity index (χ3v) is 1.43. The van der Waals surface area contributed by atoms with E-state index in [0.717, 1.165) is 6.44 Å². The van der Waals surface area contributed by atoms with Crippen LogP contribution in [0.5, 0.6) is 0 Å². The van der Waals surface area contributed by atoms with E-state index in [9.17, 15) is 0 Å². The lowest BCUT2D eigenvalue weighted by molar-refractivity contribution is 1.38. The molecule has 0 amide bonds. The predicted octanol–water partition coefficient (Wildman–Crippen LogP) is 0.728. The Morgan fingerprint density at radius 2 is 2.83 bits per heavy atom. The molecule has 0 unspecified atom stereocenters. The molecule has 0 spiro atoms. The van der Waals surface area contributed by atoms with Gasteiger partial charge < -0.3 is 0 Å². The molecule has 0 saturated carbocycles. The van der Waals surface area contributed by atoms with Gasteiger partial charge in [-0.3, -0.25) is 4.99 Å². The Balaban J connectivity index is 2.45. The highest BCUT2D eigenvalue weighted by Crippen LogP contribution is 2.06. The number of nitrogens with zero attached hydrogens (tertiary/aromatic N) is 1. The minimum atomic E-state index is 0.913. The minimum absolute atomic E-state index is 0.913. The quantitative estimate of drug-likeness (QED) is 0.407. The van der Waals surface area contributed by atoms with Crippen molar-refractivity contribution < 1.29 is 0 Å². The summed E-state index contributed by atoms with van der Waals surface area (Å²) < 4.78 is 0. The molecule has 1 aliphatic heterocycles. The second-order valence-electron chi connectivity index (χ2n) is 1.14. The molecule has 0 N–H and O–H groups in total. The van der Waals surface area contributed by atoms with Crippen molar-refractivity contribution in [2.75, 3.05) is 6.44 Å². The van der Waals surface area contributed by atoms with Crippen LogP contribution < -0.4 is 0 Å². The molecule has 1 radical (unpaired) electrons. The summed E-state index contributed by atoms with van der Waals surface area (Å²) in [5.74, 6) is 0. The summed E-state index contributed by atoms with van der Waals surface area (Å²) in [6, 6.07) is 0. The number of rotatable bonds is 0. The van der Waals surface area contributed by atoms with Crippen LogP contribution in [0.4, 0.5) is 0 Å². The normalized spacial score (nSPS) is 19.8. The van der Waals surface area contributed by atoms with Crippen LogP contribution in [0.2, 0.25) is 0 Å². The molecule has 0 aliphatic carbocycles. The molecule has 0 aromatic heterocycles. The zero-order valence-electron chi connectivity index (χ0n) is 3.64. The summed E-state index contributed by atoms with van der Waals surface area (Å²) in [5.41, 5.74) is 0. The molecule has 1 nitrogen and oxygen atoms in total. The Hall–Kier alpha value is 0.0849. The average molecular weight is 98.0 g/mol. The van der Waals surface area contributed by atoms with Gasteiger partial charge >= 0.3 is 0 Å². The van der Waals surface area contributed by atoms with E-state index in [0.29, 0.717) is 0 Å². The largest absolute Gasteiger partial charge is 0.292 e. The van der Waals surface area contributed by atoms with Crippen molar-refractivity contribution in [2.45, 2.75) is 6.92 Å². The van der Waals surface area contributed by atoms with E-state index >= 15 is 0 Å². The van der Waals surface area contributed by atoms with Gasteiger partial charge in [0.2, 0.25) is 6.56 Å². The van der Waals surface area contributed by atoms with Crippen molar-refractivity contribution in [1.29, 1.82) is 0 Å². The lowest BCUT2D eigenvalue weighted by Crippen LogP contribution is -1.77. The first kappa shape index (κ1) is 4.25. The highest BCUT2D eigenvalue weighted by atomic mass is 32.2. The molecule has 0 aromatic carbocycles. The SMILES string of the molecule is CC1=NC[B]S1. The molecule has 31 valence electrons. The standard InChI is InChI=1S/C3H5BNS/c1-3-5-2-4-6-3/h2H2,1H3. The van der Waals surface area contributed by atoms with Crippen LogP contribution in [0.25, 0.3) is 0 Å². The maximum atomic E-state index is 4.06. The predicted molar refractivity (Wildman–Crippen MR) is 31.3 cm³/mol. The molecule has 0 atom stereocenters. The second-order valence-corrected chi connectivity index (χ2v) is 2.30. The van der Waals surface area contributed by atoms with E-state index in [1.165, 1.54) is 5.04 Å². The van der Waals surface area contributed by atoms with Gasteiger partial charge in [0, 0.05) is 6.44 Å². The van der Waals surface area contributed by atoms with Gasteiger partial charge in [-0.15, -0.1) is 0 Å². The van der Waals surface area contributed by atoms with E-state index in [1.54, 1.807) is 11.6 Å². The van der Waals surface area contributed by atoms with E-state index in [4.69, 9.17) is 0 Å². The van der Waals surface area contributed by atoms with Crippen molar-refractivity contribution in [1.82, 2.24) is 0 Å². The molecule has 1 aliphatic rings. The maximum absolute atomic E-state index is 4.06. The average Bonchev–Trinajstić information content (AvgIpc) is 1.86. The van der Waals surface area contributed by atoms with Gasteiger partial charge in [0.1, 0.15) is 0 Å². The zero-order valence-corrected chi connectivity index (χ0v) is 4.46. The van der Waals surface area contributed by atoms with E-state index in [1.807, 2.05) is 6.92 Å². The molecule has 1 heterocycles. The monoisotopic (exact) mass is 98.0 g/mol. The van der Waals surface area contributed by atoms with Crippen LogP contribution in [0.3, 0.4) is 0 Å². The number of hydrogen-bond donors (Lipinski definition) is 0. The second kappa shape index (κ2) is 1.69. The van der Waals surface area contributed by atoms with Crippen molar-refractivity contribution in [2.24, 2.45) is 4.99 Å². The molecular formula is C3H5BNS. The highest BCUT2D eigenvalue weighted by Gasteiger charge is 1.99. The van der Waals surface area contributed by atoms with E-state index in [-0.39, 0.29) is 0 Å². The topological polar surface area (TPSA) is 12.4 Å². The fourth-order valence-electron chi connectivity index (χ4n) is 0.361. The van der Waals surface area contributed by atoms with Crippen LogP contribution >= 0.6 is 11.6 Å². The van der Waals surface area contributed by atoms with E-state index in [2.05, 4.69) is 11.6 Å². The van der Waals surface area contributed by atoms with Gasteiger partial charge in [-0.05, 0) is 6.92 Å². The van der Waals surface area contributed by atoms with Crippen molar-refractivity contribution in [3.8, 4) is 0 Å². The Kier molecular flexibility index (Phi) is 1.20. The van der Waals surface area contributed by atoms with Gasteiger partial charge in [0.15, 0.2) is 0 Å². The third kappa shape index (κ3) is 0.774. The van der Waals surface area contributed by atoms with Gasteiger partial charge in [0.05, 0.1) is 5.04 Å². The first-order chi connectivity index (χ1) is 2.89. The fourth-order valence-corrected chi connectivity index (χ4v) is 0.900. The smallest absolute Gasteiger partial charge is 0.226 e. The minimum Gasteiger partial charge on any atom is -0.292 e. The third-order valence-electron chi connectivity index (χ3n) is 0.642. The first-order valence-corrected chi connectivity index (χ1v) is 2.77. The Morgan fingerprint density at radius 3 is 3.00 bits per heavy atom. The summed E-state index contributed by atoms with van der Waals surface area (Å²) in [6.07, 6.45) is 0.913. The first-order valence-electron chi connectivity index (χ1n) is 1.89. The lowest BCUT2D eigenvalue weighted by Gasteiger charge is -1.77. The van der Waals surface area contributed by atoms with Gasteiger partial charge in [-0.25, -0.2) is 0 Å². The Labute approximate surface area is 42.4 Å². The molecule has 0 aromatic rings. The van der Waals surface area contributed by atoms with Crippen LogP contribution in [0.1, 0.15) is 6.92 Å². The summed E-state index contributed by atoms with van der Waals surface area (Å²) in [4.78, 5) is 4.06. The van der Waals surface area contributed by atoms with Crippen molar-refractivity contribution in [3.63, 3.8) is 0 Å². The molecule has 0 fully saturated rings. The number of hydrogen-bond acceptors (Lipinski definition) is 2. The summed E-state index contributed by atoms with van der Waals surface area (Å²) >= 11 is 1.72. The molecule has 6 heavy (non-hydrogen) atoms. The van der Waals surface area contributed by atoms with Gasteiger partial charge in [-0.1, -0.05) is 0 Å².